The molecule has 4 rings (SSSR count). The van der Waals surface area contributed by atoms with E-state index in [1.54, 1.807) is 0 Å². The van der Waals surface area contributed by atoms with E-state index in [2.05, 4.69) is 28.2 Å². The zero-order valence-electron chi connectivity index (χ0n) is 27.0. The number of hydrogen-bond acceptors (Lipinski definition) is 0. The zero-order valence-corrected chi connectivity index (χ0v) is 27.0. The second-order valence-electron chi connectivity index (χ2n) is 15.5. The fourth-order valence-electron chi connectivity index (χ4n) is 8.32. The van der Waals surface area contributed by atoms with E-state index in [0.717, 1.165) is 0 Å². The van der Waals surface area contributed by atoms with Gasteiger partial charge in [-0.25, -0.2) is 0 Å². The summed E-state index contributed by atoms with van der Waals surface area (Å²) in [5, 5.41) is 0. The first-order chi connectivity index (χ1) is 18.2. The highest BCUT2D eigenvalue weighted by molar-refractivity contribution is 4.56. The van der Waals surface area contributed by atoms with Gasteiger partial charge in [0.1, 0.15) is 0 Å². The van der Waals surface area contributed by atoms with Gasteiger partial charge in [0.25, 0.3) is 0 Å². The monoisotopic (exact) mass is 537 g/mol. The van der Waals surface area contributed by atoms with Crippen molar-refractivity contribution in [2.24, 2.45) is 0 Å². The first-order valence-corrected chi connectivity index (χ1v) is 17.6. The van der Waals surface area contributed by atoms with Crippen molar-refractivity contribution in [3.63, 3.8) is 0 Å². The summed E-state index contributed by atoms with van der Waals surface area (Å²) in [5.74, 6) is 0. The van der Waals surface area contributed by atoms with Crippen molar-refractivity contribution >= 4 is 0 Å². The van der Waals surface area contributed by atoms with Gasteiger partial charge in [0.05, 0.1) is 107 Å². The Hall–Kier alpha value is -0.160. The second kappa shape index (κ2) is 16.3. The lowest BCUT2D eigenvalue weighted by molar-refractivity contribution is -0.916. The van der Waals surface area contributed by atoms with Crippen LogP contribution in [0.15, 0.2) is 0 Å². The SMILES string of the molecule is C[N+]12CCCCC[N+]3(C)CCCCC[N+](C)(CCCCC1)CCCCC[N+](C)(CCCCC2)CCCCC3. The maximum atomic E-state index is 2.62. The molecule has 38 heavy (non-hydrogen) atoms. The van der Waals surface area contributed by atoms with Crippen LogP contribution in [-0.2, 0) is 0 Å². The highest BCUT2D eigenvalue weighted by Gasteiger charge is 2.27. The Kier molecular flexibility index (Phi) is 13.9. The van der Waals surface area contributed by atoms with Crippen LogP contribution in [-0.4, -0.2) is 125 Å². The van der Waals surface area contributed by atoms with Crippen molar-refractivity contribution in [2.45, 2.75) is 116 Å². The summed E-state index contributed by atoms with van der Waals surface area (Å²) in [7, 11) is 10.5. The molecule has 0 aromatic carbocycles. The first kappa shape index (κ1) is 32.4. The third kappa shape index (κ3) is 12.1. The third-order valence-electron chi connectivity index (χ3n) is 11.4. The Morgan fingerprint density at radius 3 is 0.395 bits per heavy atom. The molecule has 4 aliphatic rings. The van der Waals surface area contributed by atoms with Gasteiger partial charge in [0.15, 0.2) is 0 Å². The lowest BCUT2D eigenvalue weighted by Gasteiger charge is -2.39. The molecule has 0 radical (unpaired) electrons. The summed E-state index contributed by atoms with van der Waals surface area (Å²) < 4.78 is 5.41. The van der Waals surface area contributed by atoms with Crippen LogP contribution < -0.4 is 0 Å². The largest absolute Gasteiger partial charge is 0.326 e. The van der Waals surface area contributed by atoms with Crippen molar-refractivity contribution in [3.05, 3.63) is 0 Å². The minimum atomic E-state index is 1.35. The molecule has 0 saturated carbocycles. The average Bonchev–Trinajstić information content (AvgIpc) is 2.86. The second-order valence-corrected chi connectivity index (χ2v) is 15.5. The molecule has 4 fully saturated rings. The molecule has 0 atom stereocenters. The molecule has 0 aromatic heterocycles. The molecule has 0 unspecified atom stereocenters. The van der Waals surface area contributed by atoms with Crippen LogP contribution in [0.2, 0.25) is 0 Å². The van der Waals surface area contributed by atoms with Crippen LogP contribution in [0.3, 0.4) is 0 Å². The van der Waals surface area contributed by atoms with Crippen LogP contribution in [0.1, 0.15) is 116 Å². The van der Waals surface area contributed by atoms with Gasteiger partial charge in [-0.1, -0.05) is 0 Å². The van der Waals surface area contributed by atoms with E-state index in [0.29, 0.717) is 0 Å². The van der Waals surface area contributed by atoms with Gasteiger partial charge in [-0.3, -0.25) is 0 Å². The number of hydrogen-bond donors (Lipinski definition) is 0. The molecule has 4 heteroatoms. The Labute approximate surface area is 240 Å². The number of nitrogens with zero attached hydrogens (tertiary/aromatic N) is 4. The minimum absolute atomic E-state index is 1.35. The minimum Gasteiger partial charge on any atom is -0.326 e. The van der Waals surface area contributed by atoms with E-state index in [1.807, 2.05) is 0 Å². The average molecular weight is 537 g/mol. The summed E-state index contributed by atoms with van der Waals surface area (Å²) in [6, 6.07) is 0. The van der Waals surface area contributed by atoms with Crippen LogP contribution >= 0.6 is 0 Å². The normalized spacial score (nSPS) is 39.5. The Morgan fingerprint density at radius 1 is 0.184 bits per heavy atom. The molecule has 0 aliphatic carbocycles. The lowest BCUT2D eigenvalue weighted by atomic mass is 10.1. The summed E-state index contributed by atoms with van der Waals surface area (Å²) in [6.07, 6.45) is 26.0. The lowest BCUT2D eigenvalue weighted by Crippen LogP contribution is -2.49. The molecule has 4 nitrogen and oxygen atoms in total. The predicted molar refractivity (Wildman–Crippen MR) is 166 cm³/mol. The van der Waals surface area contributed by atoms with Crippen molar-refractivity contribution in [1.29, 1.82) is 0 Å². The summed E-state index contributed by atoms with van der Waals surface area (Å²) in [5.41, 5.74) is 0. The van der Waals surface area contributed by atoms with Crippen molar-refractivity contribution in [3.8, 4) is 0 Å². The van der Waals surface area contributed by atoms with E-state index >= 15 is 0 Å². The van der Waals surface area contributed by atoms with E-state index in [4.69, 9.17) is 0 Å². The van der Waals surface area contributed by atoms with Crippen molar-refractivity contribution in [1.82, 2.24) is 0 Å². The Morgan fingerprint density at radius 2 is 0.289 bits per heavy atom. The summed E-state index contributed by atoms with van der Waals surface area (Å²) in [6.45, 7) is 17.1. The van der Waals surface area contributed by atoms with Gasteiger partial charge < -0.3 is 17.9 Å². The molecule has 224 valence electrons. The number of rotatable bonds is 0. The van der Waals surface area contributed by atoms with Crippen LogP contribution in [0.4, 0.5) is 0 Å². The van der Waals surface area contributed by atoms with Gasteiger partial charge in [-0.2, -0.15) is 0 Å². The molecule has 4 heterocycles. The van der Waals surface area contributed by atoms with E-state index < -0.39 is 0 Å². The number of fused-ring (bicyclic) bond motifs is 24. The first-order valence-electron chi connectivity index (χ1n) is 17.6. The van der Waals surface area contributed by atoms with Crippen LogP contribution in [0.25, 0.3) is 0 Å². The Bertz CT molecular complexity index is 452. The maximum absolute atomic E-state index is 2.62. The van der Waals surface area contributed by atoms with Gasteiger partial charge in [0.2, 0.25) is 0 Å². The molecular formula is C34H72N4+4. The molecule has 4 aliphatic heterocycles. The highest BCUT2D eigenvalue weighted by Crippen LogP contribution is 2.21. The smallest absolute Gasteiger partial charge is 0.0784 e. The molecule has 0 spiro atoms. The summed E-state index contributed by atoms with van der Waals surface area (Å²) >= 11 is 0. The fourth-order valence-corrected chi connectivity index (χ4v) is 8.32. The maximum Gasteiger partial charge on any atom is 0.0784 e. The zero-order chi connectivity index (χ0) is 27.2. The molecule has 0 aromatic rings. The van der Waals surface area contributed by atoms with E-state index in [9.17, 15) is 0 Å². The topological polar surface area (TPSA) is 0 Å². The predicted octanol–water partition coefficient (Wildman–Crippen LogP) is 6.84. The van der Waals surface area contributed by atoms with Crippen LogP contribution in [0.5, 0.6) is 0 Å². The molecular weight excluding hydrogens is 464 g/mol. The van der Waals surface area contributed by atoms with Gasteiger partial charge in [-0.05, 0) is 116 Å². The third-order valence-corrected chi connectivity index (χ3v) is 11.4. The van der Waals surface area contributed by atoms with Crippen molar-refractivity contribution in [2.75, 3.05) is 107 Å². The van der Waals surface area contributed by atoms with E-state index in [1.165, 1.54) is 212 Å². The fraction of sp³-hybridized carbons (Fsp3) is 1.00. The molecule has 0 N–H and O–H groups in total. The molecule has 4 bridgehead atoms. The van der Waals surface area contributed by atoms with Gasteiger partial charge in [-0.15, -0.1) is 0 Å². The number of quaternary nitrogens is 4. The van der Waals surface area contributed by atoms with Crippen molar-refractivity contribution < 1.29 is 17.9 Å². The van der Waals surface area contributed by atoms with Gasteiger partial charge >= 0.3 is 0 Å². The van der Waals surface area contributed by atoms with E-state index in [-0.39, 0.29) is 0 Å². The van der Waals surface area contributed by atoms with Gasteiger partial charge in [0, 0.05) is 0 Å². The quantitative estimate of drug-likeness (QED) is 0.298. The Balaban J connectivity index is 1.83. The molecule has 0 amide bonds. The highest BCUT2D eigenvalue weighted by atomic mass is 15.3. The molecule has 4 saturated heterocycles. The summed E-state index contributed by atoms with van der Waals surface area (Å²) in [4.78, 5) is 0. The standard InChI is InChI=1S/C34H72N4/c1-35-23-11-5-14-26-36(2)29-17-8-19-31-37(3,27-15-6-12-24-35)33-21-10-22-34-38(4,28-16-7-13-25-35)32-20-9-18-30-36/h5-34H2,1-4H3/q+4. The van der Waals surface area contributed by atoms with Crippen LogP contribution in [0, 0.1) is 0 Å².